The highest BCUT2D eigenvalue weighted by Gasteiger charge is 2.23. The van der Waals surface area contributed by atoms with Crippen LogP contribution in [-0.2, 0) is 13.0 Å². The molecule has 116 valence electrons. The summed E-state index contributed by atoms with van der Waals surface area (Å²) >= 11 is 0. The van der Waals surface area contributed by atoms with Gasteiger partial charge in [-0.15, -0.1) is 0 Å². The van der Waals surface area contributed by atoms with Crippen LogP contribution in [0.5, 0.6) is 5.75 Å². The normalized spacial score (nSPS) is 13.9. The van der Waals surface area contributed by atoms with Crippen molar-refractivity contribution in [3.63, 3.8) is 0 Å². The molecular formula is C19H18N2O2. The van der Waals surface area contributed by atoms with Crippen molar-refractivity contribution in [3.8, 4) is 5.75 Å². The van der Waals surface area contributed by atoms with Crippen molar-refractivity contribution in [1.82, 2.24) is 9.88 Å². The quantitative estimate of drug-likeness (QED) is 0.789. The molecule has 0 saturated heterocycles. The summed E-state index contributed by atoms with van der Waals surface area (Å²) in [6, 6.07) is 16.0. The number of hydrogen-bond donors (Lipinski definition) is 1. The molecule has 1 aliphatic heterocycles. The number of amides is 1. The molecule has 1 amide bonds. The Bertz CT molecular complexity index is 849. The van der Waals surface area contributed by atoms with Crippen molar-refractivity contribution in [3.05, 3.63) is 65.4 Å². The molecule has 2 aromatic carbocycles. The first-order chi connectivity index (χ1) is 11.2. The summed E-state index contributed by atoms with van der Waals surface area (Å²) in [5.74, 6) is 0.932. The van der Waals surface area contributed by atoms with E-state index in [1.54, 1.807) is 7.11 Å². The van der Waals surface area contributed by atoms with Gasteiger partial charge >= 0.3 is 0 Å². The second-order valence-electron chi connectivity index (χ2n) is 5.88. The molecule has 0 spiro atoms. The lowest BCUT2D eigenvalue weighted by Gasteiger charge is -2.28. The zero-order chi connectivity index (χ0) is 15.8. The van der Waals surface area contributed by atoms with Gasteiger partial charge in [-0.2, -0.15) is 0 Å². The lowest BCUT2D eigenvalue weighted by Crippen LogP contribution is -2.36. The van der Waals surface area contributed by atoms with Crippen LogP contribution in [0.4, 0.5) is 0 Å². The first-order valence-corrected chi connectivity index (χ1v) is 7.77. The van der Waals surface area contributed by atoms with E-state index >= 15 is 0 Å². The average molecular weight is 306 g/mol. The number of nitrogens with zero attached hydrogens (tertiary/aromatic N) is 1. The summed E-state index contributed by atoms with van der Waals surface area (Å²) < 4.78 is 5.27. The molecule has 23 heavy (non-hydrogen) atoms. The Morgan fingerprint density at radius 2 is 2.00 bits per heavy atom. The number of hydrogen-bond acceptors (Lipinski definition) is 2. The summed E-state index contributed by atoms with van der Waals surface area (Å²) in [5.41, 5.74) is 4.12. The first-order valence-electron chi connectivity index (χ1n) is 7.77. The van der Waals surface area contributed by atoms with Crippen LogP contribution in [-0.4, -0.2) is 29.4 Å². The number of fused-ring (bicyclic) bond motifs is 2. The smallest absolute Gasteiger partial charge is 0.270 e. The number of aromatic nitrogens is 1. The minimum Gasteiger partial charge on any atom is -0.497 e. The molecule has 0 saturated carbocycles. The Balaban J connectivity index is 1.59. The molecule has 0 atom stereocenters. The van der Waals surface area contributed by atoms with E-state index < -0.39 is 0 Å². The summed E-state index contributed by atoms with van der Waals surface area (Å²) in [4.78, 5) is 17.9. The van der Waals surface area contributed by atoms with Crippen LogP contribution in [0.2, 0.25) is 0 Å². The minimum atomic E-state index is 0.0580. The summed E-state index contributed by atoms with van der Waals surface area (Å²) in [6.45, 7) is 1.38. The predicted molar refractivity (Wildman–Crippen MR) is 89.7 cm³/mol. The highest BCUT2D eigenvalue weighted by atomic mass is 16.5. The van der Waals surface area contributed by atoms with Gasteiger partial charge in [-0.3, -0.25) is 4.79 Å². The van der Waals surface area contributed by atoms with Crippen molar-refractivity contribution < 1.29 is 9.53 Å². The number of rotatable bonds is 2. The van der Waals surface area contributed by atoms with E-state index in [1.165, 1.54) is 11.1 Å². The van der Waals surface area contributed by atoms with Gasteiger partial charge in [0.15, 0.2) is 0 Å². The predicted octanol–water partition coefficient (Wildman–Crippen LogP) is 3.38. The molecule has 0 aliphatic carbocycles. The lowest BCUT2D eigenvalue weighted by atomic mass is 9.99. The highest BCUT2D eigenvalue weighted by molar-refractivity contribution is 5.98. The van der Waals surface area contributed by atoms with Crippen molar-refractivity contribution in [2.75, 3.05) is 13.7 Å². The first kappa shape index (κ1) is 13.9. The molecule has 3 aromatic rings. The minimum absolute atomic E-state index is 0.0580. The molecule has 1 N–H and O–H groups in total. The van der Waals surface area contributed by atoms with Gasteiger partial charge in [-0.1, -0.05) is 24.3 Å². The Hall–Kier alpha value is -2.75. The topological polar surface area (TPSA) is 45.3 Å². The van der Waals surface area contributed by atoms with E-state index in [9.17, 15) is 4.79 Å². The fraction of sp³-hybridized carbons (Fsp3) is 0.211. The Morgan fingerprint density at radius 3 is 2.83 bits per heavy atom. The van der Waals surface area contributed by atoms with Crippen molar-refractivity contribution >= 4 is 16.8 Å². The number of benzene rings is 2. The van der Waals surface area contributed by atoms with Crippen LogP contribution in [0.15, 0.2) is 48.5 Å². The molecule has 2 heterocycles. The maximum absolute atomic E-state index is 12.8. The summed E-state index contributed by atoms with van der Waals surface area (Å²) in [6.07, 6.45) is 0.860. The number of methoxy groups -OCH3 is 1. The average Bonchev–Trinajstić information content (AvgIpc) is 3.04. The van der Waals surface area contributed by atoms with Gasteiger partial charge in [0, 0.05) is 24.0 Å². The maximum atomic E-state index is 12.8. The number of carbonyl (C=O) groups excluding carboxylic acids is 1. The zero-order valence-electron chi connectivity index (χ0n) is 13.0. The number of ether oxygens (including phenoxy) is 1. The van der Waals surface area contributed by atoms with Gasteiger partial charge < -0.3 is 14.6 Å². The van der Waals surface area contributed by atoms with E-state index in [4.69, 9.17) is 4.74 Å². The summed E-state index contributed by atoms with van der Waals surface area (Å²) in [5, 5.41) is 1.07. The van der Waals surface area contributed by atoms with E-state index in [2.05, 4.69) is 17.1 Å². The monoisotopic (exact) mass is 306 g/mol. The molecule has 0 radical (unpaired) electrons. The Morgan fingerprint density at radius 1 is 1.13 bits per heavy atom. The van der Waals surface area contributed by atoms with Crippen molar-refractivity contribution in [1.29, 1.82) is 0 Å². The summed E-state index contributed by atoms with van der Waals surface area (Å²) in [7, 11) is 1.68. The van der Waals surface area contributed by atoms with E-state index in [0.717, 1.165) is 29.6 Å². The number of carbonyl (C=O) groups is 1. The zero-order valence-corrected chi connectivity index (χ0v) is 13.0. The standard InChI is InChI=1S/C19H18N2O2/c1-23-16-7-6-15-12-21(9-8-13(15)10-16)19(22)18-11-14-4-2-3-5-17(14)20-18/h2-7,10-11,20H,8-9,12H2,1H3. The SMILES string of the molecule is COc1ccc2c(c1)CCN(C(=O)c1cc3ccccc3[nH]1)C2. The Kier molecular flexibility index (Phi) is 3.30. The molecule has 0 bridgehead atoms. The third kappa shape index (κ3) is 2.46. The van der Waals surface area contributed by atoms with Crippen LogP contribution >= 0.6 is 0 Å². The van der Waals surface area contributed by atoms with Crippen LogP contribution in [0.25, 0.3) is 10.9 Å². The highest BCUT2D eigenvalue weighted by Crippen LogP contribution is 2.25. The van der Waals surface area contributed by atoms with Crippen LogP contribution in [0, 0.1) is 0 Å². The van der Waals surface area contributed by atoms with Crippen molar-refractivity contribution in [2.24, 2.45) is 0 Å². The van der Waals surface area contributed by atoms with Crippen molar-refractivity contribution in [2.45, 2.75) is 13.0 Å². The van der Waals surface area contributed by atoms with E-state index in [1.807, 2.05) is 41.3 Å². The Labute approximate surface area is 134 Å². The van der Waals surface area contributed by atoms with Crippen LogP contribution in [0.3, 0.4) is 0 Å². The number of para-hydroxylation sites is 1. The molecular weight excluding hydrogens is 288 g/mol. The molecule has 4 nitrogen and oxygen atoms in total. The van der Waals surface area contributed by atoms with E-state index in [0.29, 0.717) is 12.2 Å². The molecule has 4 rings (SSSR count). The van der Waals surface area contributed by atoms with Gasteiger partial charge in [-0.25, -0.2) is 0 Å². The van der Waals surface area contributed by atoms with Gasteiger partial charge in [0.2, 0.25) is 0 Å². The molecule has 1 aliphatic rings. The van der Waals surface area contributed by atoms with E-state index in [-0.39, 0.29) is 5.91 Å². The van der Waals surface area contributed by atoms with Gasteiger partial charge in [0.25, 0.3) is 5.91 Å². The molecule has 0 fully saturated rings. The largest absolute Gasteiger partial charge is 0.497 e. The van der Waals surface area contributed by atoms with Crippen LogP contribution < -0.4 is 4.74 Å². The molecule has 1 aromatic heterocycles. The number of nitrogens with one attached hydrogen (secondary N) is 1. The number of H-pyrrole nitrogens is 1. The third-order valence-electron chi connectivity index (χ3n) is 4.47. The number of aromatic amines is 1. The maximum Gasteiger partial charge on any atom is 0.270 e. The second kappa shape index (κ2) is 5.47. The second-order valence-corrected chi connectivity index (χ2v) is 5.88. The lowest BCUT2D eigenvalue weighted by molar-refractivity contribution is 0.0729. The van der Waals surface area contributed by atoms with Gasteiger partial charge in [-0.05, 0) is 41.8 Å². The fourth-order valence-electron chi connectivity index (χ4n) is 3.19. The molecule has 4 heteroatoms. The van der Waals surface area contributed by atoms with Crippen LogP contribution in [0.1, 0.15) is 21.6 Å². The van der Waals surface area contributed by atoms with Gasteiger partial charge in [0.05, 0.1) is 7.11 Å². The fourth-order valence-corrected chi connectivity index (χ4v) is 3.19. The molecule has 0 unspecified atom stereocenters. The third-order valence-corrected chi connectivity index (χ3v) is 4.47. The van der Waals surface area contributed by atoms with Gasteiger partial charge in [0.1, 0.15) is 11.4 Å².